The van der Waals surface area contributed by atoms with E-state index in [0.717, 1.165) is 5.56 Å². The fourth-order valence-corrected chi connectivity index (χ4v) is 1.64. The minimum absolute atomic E-state index is 0.193. The second-order valence-electron chi connectivity index (χ2n) is 2.94. The summed E-state index contributed by atoms with van der Waals surface area (Å²) >= 11 is 3.09. The highest BCUT2D eigenvalue weighted by molar-refractivity contribution is 9.10. The van der Waals surface area contributed by atoms with Crippen LogP contribution in [0.3, 0.4) is 0 Å². The van der Waals surface area contributed by atoms with Crippen LogP contribution in [0, 0.1) is 12.7 Å². The molecule has 0 fully saturated rings. The number of benzene rings is 1. The summed E-state index contributed by atoms with van der Waals surface area (Å²) in [4.78, 5) is 0. The number of nitrogens with two attached hydrogens (primary N) is 1. The summed E-state index contributed by atoms with van der Waals surface area (Å²) in [5.41, 5.74) is 6.97. The van der Waals surface area contributed by atoms with Gasteiger partial charge in [-0.2, -0.15) is 0 Å². The van der Waals surface area contributed by atoms with E-state index in [0.29, 0.717) is 10.0 Å². The molecule has 1 rings (SSSR count). The maximum Gasteiger partial charge on any atom is 0.137 e. The molecular weight excluding hydrogens is 237 g/mol. The van der Waals surface area contributed by atoms with Gasteiger partial charge in [-0.15, -0.1) is 0 Å². The van der Waals surface area contributed by atoms with E-state index in [1.807, 2.05) is 0 Å². The Balaban J connectivity index is 3.20. The molecule has 72 valence electrons. The number of aliphatic hydroxyl groups is 1. The van der Waals surface area contributed by atoms with E-state index < -0.39 is 6.04 Å². The SMILES string of the molecule is Cc1cc(F)c(Br)c(C(N)CO)c1. The predicted octanol–water partition coefficient (Wildman–Crippen LogP) is 1.89. The van der Waals surface area contributed by atoms with Crippen molar-refractivity contribution in [1.82, 2.24) is 0 Å². The average Bonchev–Trinajstić information content (AvgIpc) is 2.10. The summed E-state index contributed by atoms with van der Waals surface area (Å²) in [5.74, 6) is -0.348. The fraction of sp³-hybridized carbons (Fsp3) is 0.333. The quantitative estimate of drug-likeness (QED) is 0.839. The molecule has 0 saturated carbocycles. The molecule has 3 N–H and O–H groups in total. The van der Waals surface area contributed by atoms with Crippen molar-refractivity contribution in [3.05, 3.63) is 33.5 Å². The van der Waals surface area contributed by atoms with Crippen LogP contribution < -0.4 is 5.73 Å². The lowest BCUT2D eigenvalue weighted by molar-refractivity contribution is 0.267. The lowest BCUT2D eigenvalue weighted by atomic mass is 10.1. The van der Waals surface area contributed by atoms with Gasteiger partial charge in [0.2, 0.25) is 0 Å². The first kappa shape index (κ1) is 10.6. The zero-order valence-corrected chi connectivity index (χ0v) is 8.81. The lowest BCUT2D eigenvalue weighted by Gasteiger charge is -2.12. The molecule has 0 amide bonds. The second-order valence-corrected chi connectivity index (χ2v) is 3.73. The van der Waals surface area contributed by atoms with Crippen molar-refractivity contribution >= 4 is 15.9 Å². The standard InChI is InChI=1S/C9H11BrFNO/c1-5-2-6(8(12)4-13)9(10)7(11)3-5/h2-3,8,13H,4,12H2,1H3. The van der Waals surface area contributed by atoms with Gasteiger partial charge in [-0.05, 0) is 40.0 Å². The molecule has 0 bridgehead atoms. The van der Waals surface area contributed by atoms with Gasteiger partial charge in [0.25, 0.3) is 0 Å². The molecule has 0 radical (unpaired) electrons. The molecule has 0 aliphatic rings. The van der Waals surface area contributed by atoms with Gasteiger partial charge < -0.3 is 10.8 Å². The van der Waals surface area contributed by atoms with Crippen molar-refractivity contribution in [2.24, 2.45) is 5.73 Å². The van der Waals surface area contributed by atoms with Crippen molar-refractivity contribution in [1.29, 1.82) is 0 Å². The van der Waals surface area contributed by atoms with E-state index in [-0.39, 0.29) is 12.4 Å². The Morgan fingerprint density at radius 1 is 1.62 bits per heavy atom. The molecule has 1 aromatic rings. The molecule has 0 saturated heterocycles. The molecule has 0 aromatic heterocycles. The van der Waals surface area contributed by atoms with Crippen LogP contribution in [0.1, 0.15) is 17.2 Å². The van der Waals surface area contributed by atoms with Gasteiger partial charge in [0.15, 0.2) is 0 Å². The van der Waals surface area contributed by atoms with Crippen molar-refractivity contribution in [3.63, 3.8) is 0 Å². The number of aliphatic hydroxyl groups excluding tert-OH is 1. The predicted molar refractivity (Wildman–Crippen MR) is 52.9 cm³/mol. The maximum absolute atomic E-state index is 13.2. The van der Waals surface area contributed by atoms with Crippen LogP contribution in [0.15, 0.2) is 16.6 Å². The summed E-state index contributed by atoms with van der Waals surface area (Å²) in [7, 11) is 0. The van der Waals surface area contributed by atoms with E-state index in [1.54, 1.807) is 13.0 Å². The van der Waals surface area contributed by atoms with Gasteiger partial charge in [0.1, 0.15) is 5.82 Å². The molecular formula is C9H11BrFNO. The third kappa shape index (κ3) is 2.27. The van der Waals surface area contributed by atoms with Crippen LogP contribution >= 0.6 is 15.9 Å². The molecule has 0 aliphatic heterocycles. The fourth-order valence-electron chi connectivity index (χ4n) is 1.12. The minimum Gasteiger partial charge on any atom is -0.394 e. The third-order valence-electron chi connectivity index (χ3n) is 1.80. The molecule has 0 spiro atoms. The Bertz CT molecular complexity index is 317. The molecule has 2 nitrogen and oxygen atoms in total. The summed E-state index contributed by atoms with van der Waals surface area (Å²) in [5, 5.41) is 8.83. The number of rotatable bonds is 2. The zero-order valence-electron chi connectivity index (χ0n) is 7.22. The number of hydrogen-bond donors (Lipinski definition) is 2. The highest BCUT2D eigenvalue weighted by Crippen LogP contribution is 2.26. The van der Waals surface area contributed by atoms with Crippen molar-refractivity contribution in [2.75, 3.05) is 6.61 Å². The summed E-state index contributed by atoms with van der Waals surface area (Å²) in [6.07, 6.45) is 0. The molecule has 1 aromatic carbocycles. The Kier molecular flexibility index (Phi) is 3.41. The van der Waals surface area contributed by atoms with Gasteiger partial charge in [-0.1, -0.05) is 6.07 Å². The van der Waals surface area contributed by atoms with Crippen LogP contribution in [0.2, 0.25) is 0 Å². The van der Waals surface area contributed by atoms with Crippen LogP contribution in [-0.4, -0.2) is 11.7 Å². The number of halogens is 2. The highest BCUT2D eigenvalue weighted by Gasteiger charge is 2.12. The number of hydrogen-bond acceptors (Lipinski definition) is 2. The van der Waals surface area contributed by atoms with Gasteiger partial charge in [-0.3, -0.25) is 0 Å². The third-order valence-corrected chi connectivity index (χ3v) is 2.63. The Hall–Kier alpha value is -0.450. The van der Waals surface area contributed by atoms with Crippen molar-refractivity contribution in [2.45, 2.75) is 13.0 Å². The van der Waals surface area contributed by atoms with Crippen molar-refractivity contribution in [3.8, 4) is 0 Å². The molecule has 1 atom stereocenters. The first-order chi connectivity index (χ1) is 6.06. The van der Waals surface area contributed by atoms with Crippen LogP contribution in [0.4, 0.5) is 4.39 Å². The van der Waals surface area contributed by atoms with Gasteiger partial charge >= 0.3 is 0 Å². The first-order valence-corrected chi connectivity index (χ1v) is 4.67. The molecule has 0 aliphatic carbocycles. The van der Waals surface area contributed by atoms with Gasteiger partial charge in [0, 0.05) is 0 Å². The second kappa shape index (κ2) is 4.17. The highest BCUT2D eigenvalue weighted by atomic mass is 79.9. The first-order valence-electron chi connectivity index (χ1n) is 3.88. The summed E-state index contributed by atoms with van der Waals surface area (Å²) < 4.78 is 13.5. The Morgan fingerprint density at radius 2 is 2.23 bits per heavy atom. The minimum atomic E-state index is -0.538. The van der Waals surface area contributed by atoms with Gasteiger partial charge in [-0.25, -0.2) is 4.39 Å². The lowest BCUT2D eigenvalue weighted by Crippen LogP contribution is -2.15. The summed E-state index contributed by atoms with van der Waals surface area (Å²) in [6, 6.07) is 2.63. The smallest absolute Gasteiger partial charge is 0.137 e. The molecule has 13 heavy (non-hydrogen) atoms. The van der Waals surface area contributed by atoms with E-state index in [2.05, 4.69) is 15.9 Å². The van der Waals surface area contributed by atoms with E-state index in [4.69, 9.17) is 10.8 Å². The van der Waals surface area contributed by atoms with E-state index >= 15 is 0 Å². The topological polar surface area (TPSA) is 46.2 Å². The maximum atomic E-state index is 13.2. The molecule has 0 heterocycles. The molecule has 4 heteroatoms. The Morgan fingerprint density at radius 3 is 2.77 bits per heavy atom. The zero-order chi connectivity index (χ0) is 10.0. The monoisotopic (exact) mass is 247 g/mol. The normalized spacial score (nSPS) is 13.0. The molecule has 1 unspecified atom stereocenters. The Labute approximate surface area is 84.7 Å². The van der Waals surface area contributed by atoms with E-state index in [1.165, 1.54) is 6.07 Å². The van der Waals surface area contributed by atoms with Gasteiger partial charge in [0.05, 0.1) is 17.1 Å². The van der Waals surface area contributed by atoms with Crippen LogP contribution in [0.5, 0.6) is 0 Å². The van der Waals surface area contributed by atoms with Crippen LogP contribution in [-0.2, 0) is 0 Å². The van der Waals surface area contributed by atoms with Crippen LogP contribution in [0.25, 0.3) is 0 Å². The van der Waals surface area contributed by atoms with E-state index in [9.17, 15) is 4.39 Å². The largest absolute Gasteiger partial charge is 0.394 e. The summed E-state index contributed by atoms with van der Waals surface area (Å²) in [6.45, 7) is 1.59. The number of aryl methyl sites for hydroxylation is 1. The average molecular weight is 248 g/mol. The van der Waals surface area contributed by atoms with Crippen molar-refractivity contribution < 1.29 is 9.50 Å².